The van der Waals surface area contributed by atoms with Crippen molar-refractivity contribution in [2.75, 3.05) is 0 Å². The van der Waals surface area contributed by atoms with Crippen molar-refractivity contribution in [1.82, 2.24) is 0 Å². The standard InChI is InChI=1S/C10H10O2/c1-8-7-11-10(8)12-9-5-3-2-4-6-9/h2-7,10H,1H3. The molecule has 0 aromatic heterocycles. The summed E-state index contributed by atoms with van der Waals surface area (Å²) in [6.07, 6.45) is 1.53. The van der Waals surface area contributed by atoms with Crippen LogP contribution in [0.25, 0.3) is 0 Å². The first-order valence-electron chi connectivity index (χ1n) is 3.90. The Morgan fingerprint density at radius 1 is 1.25 bits per heavy atom. The van der Waals surface area contributed by atoms with Crippen molar-refractivity contribution in [3.8, 4) is 5.75 Å². The van der Waals surface area contributed by atoms with Gasteiger partial charge in [-0.05, 0) is 19.1 Å². The van der Waals surface area contributed by atoms with Gasteiger partial charge in [-0.15, -0.1) is 0 Å². The van der Waals surface area contributed by atoms with Crippen LogP contribution in [0.2, 0.25) is 0 Å². The summed E-state index contributed by atoms with van der Waals surface area (Å²) in [5.74, 6) is 0.843. The lowest BCUT2D eigenvalue weighted by Gasteiger charge is -2.25. The molecule has 2 rings (SSSR count). The first-order valence-corrected chi connectivity index (χ1v) is 3.90. The van der Waals surface area contributed by atoms with E-state index in [0.29, 0.717) is 0 Å². The molecule has 0 bridgehead atoms. The Kier molecular flexibility index (Phi) is 1.74. The minimum atomic E-state index is -0.174. The third-order valence-electron chi connectivity index (χ3n) is 1.74. The maximum atomic E-state index is 5.47. The van der Waals surface area contributed by atoms with Crippen LogP contribution in [0.4, 0.5) is 0 Å². The Hall–Kier alpha value is -1.44. The van der Waals surface area contributed by atoms with Crippen molar-refractivity contribution in [3.63, 3.8) is 0 Å². The lowest BCUT2D eigenvalue weighted by Crippen LogP contribution is -2.26. The molecular weight excluding hydrogens is 152 g/mol. The highest BCUT2D eigenvalue weighted by molar-refractivity contribution is 5.23. The van der Waals surface area contributed by atoms with Gasteiger partial charge in [0.2, 0.25) is 0 Å². The predicted molar refractivity (Wildman–Crippen MR) is 45.7 cm³/mol. The van der Waals surface area contributed by atoms with E-state index in [2.05, 4.69) is 0 Å². The van der Waals surface area contributed by atoms with E-state index in [1.54, 1.807) is 6.26 Å². The van der Waals surface area contributed by atoms with Crippen LogP contribution in [-0.2, 0) is 4.74 Å². The molecule has 0 amide bonds. The van der Waals surface area contributed by atoms with Gasteiger partial charge >= 0.3 is 0 Å². The SMILES string of the molecule is CC1=COC1Oc1ccccc1. The van der Waals surface area contributed by atoms with E-state index in [1.165, 1.54) is 0 Å². The predicted octanol–water partition coefficient (Wildman–Crippen LogP) is 2.33. The zero-order chi connectivity index (χ0) is 8.39. The number of hydrogen-bond acceptors (Lipinski definition) is 2. The van der Waals surface area contributed by atoms with Crippen LogP contribution >= 0.6 is 0 Å². The molecule has 1 aromatic carbocycles. The molecule has 0 N–H and O–H groups in total. The number of benzene rings is 1. The third kappa shape index (κ3) is 1.28. The number of para-hydroxylation sites is 1. The number of ether oxygens (including phenoxy) is 2. The van der Waals surface area contributed by atoms with Crippen LogP contribution in [0.1, 0.15) is 6.92 Å². The Morgan fingerprint density at radius 2 is 2.00 bits per heavy atom. The van der Waals surface area contributed by atoms with Gasteiger partial charge in [-0.2, -0.15) is 0 Å². The third-order valence-corrected chi connectivity index (χ3v) is 1.74. The van der Waals surface area contributed by atoms with Gasteiger partial charge in [-0.1, -0.05) is 18.2 Å². The molecule has 1 unspecified atom stereocenters. The van der Waals surface area contributed by atoms with E-state index in [0.717, 1.165) is 11.3 Å². The highest BCUT2D eigenvalue weighted by Gasteiger charge is 2.20. The first kappa shape index (κ1) is 7.22. The van der Waals surface area contributed by atoms with Crippen molar-refractivity contribution >= 4 is 0 Å². The summed E-state index contributed by atoms with van der Waals surface area (Å²) in [5.41, 5.74) is 1.12. The molecule has 2 heteroatoms. The van der Waals surface area contributed by atoms with Gasteiger partial charge in [-0.25, -0.2) is 0 Å². The summed E-state index contributed by atoms with van der Waals surface area (Å²) in [7, 11) is 0. The second-order valence-electron chi connectivity index (χ2n) is 2.76. The molecular formula is C10H10O2. The maximum Gasteiger partial charge on any atom is 0.265 e. The molecule has 0 aliphatic carbocycles. The van der Waals surface area contributed by atoms with Crippen molar-refractivity contribution in [3.05, 3.63) is 42.2 Å². The van der Waals surface area contributed by atoms with Crippen LogP contribution in [0.15, 0.2) is 42.2 Å². The monoisotopic (exact) mass is 162 g/mol. The molecule has 0 saturated carbocycles. The van der Waals surface area contributed by atoms with Gasteiger partial charge < -0.3 is 9.47 Å². The van der Waals surface area contributed by atoms with Crippen LogP contribution in [0, 0.1) is 0 Å². The molecule has 12 heavy (non-hydrogen) atoms. The molecule has 2 nitrogen and oxygen atoms in total. The minimum Gasteiger partial charge on any atom is -0.458 e. The Labute approximate surface area is 71.4 Å². The van der Waals surface area contributed by atoms with E-state index >= 15 is 0 Å². The quantitative estimate of drug-likeness (QED) is 0.664. The van der Waals surface area contributed by atoms with Gasteiger partial charge in [0, 0.05) is 5.57 Å². The van der Waals surface area contributed by atoms with Crippen LogP contribution in [0.5, 0.6) is 5.75 Å². The molecule has 1 heterocycles. The van der Waals surface area contributed by atoms with Gasteiger partial charge in [-0.3, -0.25) is 0 Å². The fourth-order valence-electron chi connectivity index (χ4n) is 1.00. The largest absolute Gasteiger partial charge is 0.458 e. The summed E-state index contributed by atoms with van der Waals surface area (Å²) in [5, 5.41) is 0. The van der Waals surface area contributed by atoms with E-state index < -0.39 is 0 Å². The van der Waals surface area contributed by atoms with Gasteiger partial charge in [0.1, 0.15) is 5.75 Å². The summed E-state index contributed by atoms with van der Waals surface area (Å²) >= 11 is 0. The fraction of sp³-hybridized carbons (Fsp3) is 0.200. The van der Waals surface area contributed by atoms with E-state index in [1.807, 2.05) is 37.3 Å². The average Bonchev–Trinajstić information content (AvgIpc) is 2.14. The molecule has 1 aliphatic rings. The molecule has 1 aromatic rings. The summed E-state index contributed by atoms with van der Waals surface area (Å²) < 4.78 is 10.5. The lowest BCUT2D eigenvalue weighted by molar-refractivity contribution is -0.0387. The van der Waals surface area contributed by atoms with Gasteiger partial charge in [0.15, 0.2) is 0 Å². The smallest absolute Gasteiger partial charge is 0.265 e. The zero-order valence-corrected chi connectivity index (χ0v) is 6.86. The Bertz CT molecular complexity index is 290. The van der Waals surface area contributed by atoms with Crippen LogP contribution < -0.4 is 4.74 Å². The van der Waals surface area contributed by atoms with Crippen LogP contribution in [-0.4, -0.2) is 6.29 Å². The fourth-order valence-corrected chi connectivity index (χ4v) is 1.00. The molecule has 0 spiro atoms. The molecule has 1 aliphatic heterocycles. The number of rotatable bonds is 2. The molecule has 1 atom stereocenters. The van der Waals surface area contributed by atoms with E-state index in [-0.39, 0.29) is 6.29 Å². The first-order chi connectivity index (χ1) is 5.86. The molecule has 0 radical (unpaired) electrons. The van der Waals surface area contributed by atoms with Crippen molar-refractivity contribution in [2.24, 2.45) is 0 Å². The summed E-state index contributed by atoms with van der Waals surface area (Å²) in [4.78, 5) is 0. The summed E-state index contributed by atoms with van der Waals surface area (Å²) in [6.45, 7) is 1.98. The average molecular weight is 162 g/mol. The van der Waals surface area contributed by atoms with Crippen molar-refractivity contribution in [1.29, 1.82) is 0 Å². The van der Waals surface area contributed by atoms with E-state index in [4.69, 9.17) is 9.47 Å². The Balaban J connectivity index is 2.01. The second-order valence-corrected chi connectivity index (χ2v) is 2.76. The van der Waals surface area contributed by atoms with Crippen molar-refractivity contribution in [2.45, 2.75) is 13.2 Å². The van der Waals surface area contributed by atoms with Gasteiger partial charge in [0.25, 0.3) is 6.29 Å². The number of hydrogen-bond donors (Lipinski definition) is 0. The maximum absolute atomic E-state index is 5.47. The van der Waals surface area contributed by atoms with Crippen molar-refractivity contribution < 1.29 is 9.47 Å². The minimum absolute atomic E-state index is 0.174. The van der Waals surface area contributed by atoms with Gasteiger partial charge in [0.05, 0.1) is 6.26 Å². The normalized spacial score (nSPS) is 20.4. The lowest BCUT2D eigenvalue weighted by atomic mass is 10.2. The highest BCUT2D eigenvalue weighted by Crippen LogP contribution is 2.21. The van der Waals surface area contributed by atoms with E-state index in [9.17, 15) is 0 Å². The second kappa shape index (κ2) is 2.89. The van der Waals surface area contributed by atoms with Crippen LogP contribution in [0.3, 0.4) is 0 Å². The molecule has 0 fully saturated rings. The Morgan fingerprint density at radius 3 is 2.50 bits per heavy atom. The highest BCUT2D eigenvalue weighted by atomic mass is 16.7. The molecule has 62 valence electrons. The topological polar surface area (TPSA) is 18.5 Å². The molecule has 0 saturated heterocycles. The summed E-state index contributed by atoms with van der Waals surface area (Å²) in [6, 6.07) is 9.65. The zero-order valence-electron chi connectivity index (χ0n) is 6.86.